The SMILES string of the molecule is CN1CCN(Cc2cc(Cl)c(N(C=O)c3cccc(Cl)c3)s2)CC1. The lowest BCUT2D eigenvalue weighted by molar-refractivity contribution is -0.106. The topological polar surface area (TPSA) is 26.8 Å². The number of rotatable bonds is 5. The predicted octanol–water partition coefficient (Wildman–Crippen LogP) is 4.10. The van der Waals surface area contributed by atoms with E-state index in [9.17, 15) is 4.79 Å². The van der Waals surface area contributed by atoms with Crippen LogP contribution in [0.4, 0.5) is 10.7 Å². The van der Waals surface area contributed by atoms with E-state index in [2.05, 4.69) is 16.8 Å². The normalized spacial score (nSPS) is 16.3. The molecular formula is C17H19Cl2N3OS. The third-order valence-electron chi connectivity index (χ3n) is 4.11. The monoisotopic (exact) mass is 383 g/mol. The van der Waals surface area contributed by atoms with Crippen molar-refractivity contribution < 1.29 is 4.79 Å². The van der Waals surface area contributed by atoms with Gasteiger partial charge in [0.1, 0.15) is 5.00 Å². The molecule has 0 unspecified atom stereocenters. The fourth-order valence-corrected chi connectivity index (χ4v) is 4.39. The molecule has 4 nitrogen and oxygen atoms in total. The molecule has 128 valence electrons. The highest BCUT2D eigenvalue weighted by Gasteiger charge is 2.19. The summed E-state index contributed by atoms with van der Waals surface area (Å²) in [5.41, 5.74) is 0.715. The summed E-state index contributed by atoms with van der Waals surface area (Å²) in [4.78, 5) is 19.1. The summed E-state index contributed by atoms with van der Waals surface area (Å²) in [6.07, 6.45) is 0.781. The standard InChI is InChI=1S/C17H19Cl2N3OS/c1-20-5-7-21(8-6-20)11-15-10-16(19)17(24-15)22(12-23)14-4-2-3-13(18)9-14/h2-4,9-10,12H,5-8,11H2,1H3. The molecule has 2 heterocycles. The predicted molar refractivity (Wildman–Crippen MR) is 102 cm³/mol. The first-order valence-corrected chi connectivity index (χ1v) is 9.33. The summed E-state index contributed by atoms with van der Waals surface area (Å²) in [6.45, 7) is 5.12. The van der Waals surface area contributed by atoms with Crippen molar-refractivity contribution in [3.05, 3.63) is 45.3 Å². The molecule has 0 radical (unpaired) electrons. The summed E-state index contributed by atoms with van der Waals surface area (Å²) >= 11 is 14.0. The zero-order chi connectivity index (χ0) is 17.1. The van der Waals surface area contributed by atoms with Crippen LogP contribution >= 0.6 is 34.5 Å². The molecule has 7 heteroatoms. The van der Waals surface area contributed by atoms with Crippen LogP contribution in [0, 0.1) is 0 Å². The molecule has 0 saturated carbocycles. The van der Waals surface area contributed by atoms with Gasteiger partial charge in [-0.3, -0.25) is 14.6 Å². The molecule has 2 aromatic rings. The largest absolute Gasteiger partial charge is 0.304 e. The number of carbonyl (C=O) groups excluding carboxylic acids is 1. The van der Waals surface area contributed by atoms with Gasteiger partial charge in [0.2, 0.25) is 6.41 Å². The Kier molecular flexibility index (Phi) is 5.79. The fraction of sp³-hybridized carbons (Fsp3) is 0.353. The maximum absolute atomic E-state index is 11.6. The molecule has 1 aliphatic heterocycles. The van der Waals surface area contributed by atoms with E-state index in [1.54, 1.807) is 28.4 Å². The minimum atomic E-state index is 0.588. The number of hydrogen-bond donors (Lipinski definition) is 0. The van der Waals surface area contributed by atoms with Crippen LogP contribution in [0.25, 0.3) is 0 Å². The van der Waals surface area contributed by atoms with Gasteiger partial charge in [0.15, 0.2) is 0 Å². The molecule has 1 aromatic carbocycles. The number of likely N-dealkylation sites (N-methyl/N-ethyl adjacent to an activating group) is 1. The number of thiophene rings is 1. The average molecular weight is 384 g/mol. The Hall–Kier alpha value is -1.11. The van der Waals surface area contributed by atoms with Gasteiger partial charge in [0.25, 0.3) is 0 Å². The third-order valence-corrected chi connectivity index (χ3v) is 5.86. The molecule has 3 rings (SSSR count). The molecule has 1 aliphatic rings. The molecular weight excluding hydrogens is 365 g/mol. The molecule has 0 N–H and O–H groups in total. The number of halogens is 2. The number of piperazine rings is 1. The molecule has 0 atom stereocenters. The van der Waals surface area contributed by atoms with Gasteiger partial charge in [0.05, 0.1) is 10.7 Å². The second kappa shape index (κ2) is 7.85. The first kappa shape index (κ1) is 17.7. The van der Waals surface area contributed by atoms with Crippen molar-refractivity contribution in [3.63, 3.8) is 0 Å². The van der Waals surface area contributed by atoms with Crippen molar-refractivity contribution >= 4 is 51.6 Å². The Bertz CT molecular complexity index is 714. The van der Waals surface area contributed by atoms with Crippen LogP contribution < -0.4 is 4.90 Å². The lowest BCUT2D eigenvalue weighted by Crippen LogP contribution is -2.43. The van der Waals surface area contributed by atoms with Crippen LogP contribution in [0.15, 0.2) is 30.3 Å². The average Bonchev–Trinajstić information content (AvgIpc) is 2.91. The van der Waals surface area contributed by atoms with Crippen LogP contribution in [0.1, 0.15) is 4.88 Å². The zero-order valence-electron chi connectivity index (χ0n) is 13.4. The van der Waals surface area contributed by atoms with Gasteiger partial charge >= 0.3 is 0 Å². The summed E-state index contributed by atoms with van der Waals surface area (Å²) in [7, 11) is 2.14. The Morgan fingerprint density at radius 1 is 1.21 bits per heavy atom. The summed E-state index contributed by atoms with van der Waals surface area (Å²) in [5.74, 6) is 0. The van der Waals surface area contributed by atoms with Gasteiger partial charge in [-0.25, -0.2) is 0 Å². The van der Waals surface area contributed by atoms with Crippen LogP contribution in [-0.4, -0.2) is 49.4 Å². The van der Waals surface area contributed by atoms with Crippen molar-refractivity contribution in [3.8, 4) is 0 Å². The van der Waals surface area contributed by atoms with Gasteiger partial charge in [0, 0.05) is 42.6 Å². The molecule has 1 fully saturated rings. The van der Waals surface area contributed by atoms with Crippen molar-refractivity contribution in [2.24, 2.45) is 0 Å². The highest BCUT2D eigenvalue weighted by atomic mass is 35.5. The molecule has 0 spiro atoms. The quantitative estimate of drug-likeness (QED) is 0.727. The van der Waals surface area contributed by atoms with Gasteiger partial charge < -0.3 is 4.90 Å². The number of amides is 1. The van der Waals surface area contributed by atoms with Gasteiger partial charge in [-0.05, 0) is 31.3 Å². The Labute approximate surface area is 156 Å². The van der Waals surface area contributed by atoms with Crippen LogP contribution in [0.5, 0.6) is 0 Å². The fourth-order valence-electron chi connectivity index (χ4n) is 2.73. The number of hydrogen-bond acceptors (Lipinski definition) is 4. The van der Waals surface area contributed by atoms with Crippen molar-refractivity contribution in [2.75, 3.05) is 38.1 Å². The second-order valence-corrected chi connectivity index (χ2v) is 7.86. The summed E-state index contributed by atoms with van der Waals surface area (Å²) in [5, 5.41) is 1.92. The summed E-state index contributed by atoms with van der Waals surface area (Å²) in [6, 6.07) is 9.16. The smallest absolute Gasteiger partial charge is 0.219 e. The van der Waals surface area contributed by atoms with Crippen molar-refractivity contribution in [1.82, 2.24) is 9.80 Å². The molecule has 0 aliphatic carbocycles. The van der Waals surface area contributed by atoms with E-state index in [0.29, 0.717) is 15.7 Å². The third kappa shape index (κ3) is 4.10. The van der Waals surface area contributed by atoms with Gasteiger partial charge in [-0.1, -0.05) is 29.3 Å². The second-order valence-electron chi connectivity index (χ2n) is 5.90. The maximum atomic E-state index is 11.6. The van der Waals surface area contributed by atoms with Crippen LogP contribution in [0.2, 0.25) is 10.0 Å². The maximum Gasteiger partial charge on any atom is 0.219 e. The van der Waals surface area contributed by atoms with E-state index < -0.39 is 0 Å². The first-order chi connectivity index (χ1) is 11.6. The van der Waals surface area contributed by atoms with Crippen molar-refractivity contribution in [2.45, 2.75) is 6.54 Å². The van der Waals surface area contributed by atoms with E-state index in [1.807, 2.05) is 18.2 Å². The number of benzene rings is 1. The van der Waals surface area contributed by atoms with Gasteiger partial charge in [-0.15, -0.1) is 11.3 Å². The summed E-state index contributed by atoms with van der Waals surface area (Å²) < 4.78 is 0. The molecule has 1 amide bonds. The lowest BCUT2D eigenvalue weighted by Gasteiger charge is -2.31. The van der Waals surface area contributed by atoms with E-state index >= 15 is 0 Å². The van der Waals surface area contributed by atoms with E-state index in [4.69, 9.17) is 23.2 Å². The van der Waals surface area contributed by atoms with Gasteiger partial charge in [-0.2, -0.15) is 0 Å². The Balaban J connectivity index is 1.78. The molecule has 0 bridgehead atoms. The molecule has 24 heavy (non-hydrogen) atoms. The van der Waals surface area contributed by atoms with Crippen LogP contribution in [-0.2, 0) is 11.3 Å². The lowest BCUT2D eigenvalue weighted by atomic mass is 10.3. The number of carbonyl (C=O) groups is 1. The minimum absolute atomic E-state index is 0.588. The van der Waals surface area contributed by atoms with Crippen LogP contribution in [0.3, 0.4) is 0 Å². The highest BCUT2D eigenvalue weighted by molar-refractivity contribution is 7.17. The first-order valence-electron chi connectivity index (χ1n) is 7.76. The Morgan fingerprint density at radius 2 is 1.96 bits per heavy atom. The molecule has 1 aromatic heterocycles. The van der Waals surface area contributed by atoms with E-state index in [1.165, 1.54) is 0 Å². The zero-order valence-corrected chi connectivity index (χ0v) is 15.7. The highest BCUT2D eigenvalue weighted by Crippen LogP contribution is 2.39. The van der Waals surface area contributed by atoms with E-state index in [-0.39, 0.29) is 0 Å². The number of nitrogens with zero attached hydrogens (tertiary/aromatic N) is 3. The minimum Gasteiger partial charge on any atom is -0.304 e. The molecule has 1 saturated heterocycles. The van der Waals surface area contributed by atoms with E-state index in [0.717, 1.165) is 49.0 Å². The van der Waals surface area contributed by atoms with Crippen molar-refractivity contribution in [1.29, 1.82) is 0 Å². The number of anilines is 2. The Morgan fingerprint density at radius 3 is 2.62 bits per heavy atom.